The molecular weight excluding hydrogens is 343 g/mol. The second kappa shape index (κ2) is 10.6. The first-order chi connectivity index (χ1) is 9.70. The largest absolute Gasteiger partial charge is 0.357 e. The Morgan fingerprint density at radius 2 is 2.09 bits per heavy atom. The van der Waals surface area contributed by atoms with E-state index in [9.17, 15) is 4.79 Å². The number of H-pyrrole nitrogens is 1. The lowest BCUT2D eigenvalue weighted by molar-refractivity contribution is 0.0949. The van der Waals surface area contributed by atoms with Gasteiger partial charge < -0.3 is 15.6 Å². The van der Waals surface area contributed by atoms with Gasteiger partial charge in [-0.05, 0) is 26.0 Å². The molecule has 3 N–H and O–H groups in total. The van der Waals surface area contributed by atoms with Gasteiger partial charge in [-0.15, -0.1) is 36.2 Å². The van der Waals surface area contributed by atoms with Gasteiger partial charge in [-0.2, -0.15) is 0 Å². The van der Waals surface area contributed by atoms with E-state index >= 15 is 0 Å². The Morgan fingerprint density at radius 3 is 2.73 bits per heavy atom. The van der Waals surface area contributed by atoms with Gasteiger partial charge in [-0.1, -0.05) is 6.92 Å². The summed E-state index contributed by atoms with van der Waals surface area (Å²) in [4.78, 5) is 19.3. The molecule has 0 saturated heterocycles. The van der Waals surface area contributed by atoms with Crippen LogP contribution in [-0.2, 0) is 0 Å². The summed E-state index contributed by atoms with van der Waals surface area (Å²) in [5.41, 5.74) is 2.43. The third-order valence-corrected chi connectivity index (χ3v) is 3.63. The van der Waals surface area contributed by atoms with Crippen LogP contribution >= 0.6 is 36.2 Å². The number of rotatable bonds is 7. The highest BCUT2D eigenvalue weighted by Gasteiger charge is 2.10. The van der Waals surface area contributed by atoms with Crippen molar-refractivity contribution < 1.29 is 4.79 Å². The van der Waals surface area contributed by atoms with Gasteiger partial charge in [0.25, 0.3) is 5.91 Å². The molecule has 0 atom stereocenters. The normalized spacial score (nSPS) is 9.73. The van der Waals surface area contributed by atoms with Gasteiger partial charge in [-0.3, -0.25) is 4.79 Å². The topological polar surface area (TPSA) is 69.8 Å². The average molecular weight is 365 g/mol. The summed E-state index contributed by atoms with van der Waals surface area (Å²) in [5, 5.41) is 9.14. The molecule has 1 amide bonds. The van der Waals surface area contributed by atoms with Gasteiger partial charge in [0.1, 0.15) is 5.69 Å². The fraction of sp³-hybridized carbons (Fsp3) is 0.429. The fourth-order valence-electron chi connectivity index (χ4n) is 1.83. The van der Waals surface area contributed by atoms with Crippen LogP contribution in [-0.4, -0.2) is 35.5 Å². The molecule has 5 nitrogen and oxygen atoms in total. The van der Waals surface area contributed by atoms with Crippen LogP contribution in [0.3, 0.4) is 0 Å². The molecule has 8 heteroatoms. The van der Waals surface area contributed by atoms with Gasteiger partial charge in [0.05, 0.1) is 10.7 Å². The van der Waals surface area contributed by atoms with Gasteiger partial charge in [0.2, 0.25) is 0 Å². The van der Waals surface area contributed by atoms with Crippen molar-refractivity contribution in [2.45, 2.75) is 20.3 Å². The van der Waals surface area contributed by atoms with Crippen LogP contribution in [0.2, 0.25) is 0 Å². The Labute approximate surface area is 147 Å². The Bertz CT molecular complexity index is 571. The number of aryl methyl sites for hydroxylation is 1. The maximum Gasteiger partial charge on any atom is 0.267 e. The number of hydrogen-bond acceptors (Lipinski definition) is 4. The number of thiazole rings is 1. The molecule has 22 heavy (non-hydrogen) atoms. The Balaban J connectivity index is 0.00000220. The summed E-state index contributed by atoms with van der Waals surface area (Å²) >= 11 is 1.60. The van der Waals surface area contributed by atoms with Gasteiger partial charge in [0, 0.05) is 30.2 Å². The predicted octanol–water partition coefficient (Wildman–Crippen LogP) is 3.02. The SMILES string of the molecule is CCCNCCNC(=O)c1cc(-c2csc(C)n2)c[nH]1.Cl.Cl. The molecule has 0 saturated carbocycles. The molecule has 0 unspecified atom stereocenters. The van der Waals surface area contributed by atoms with Crippen LogP contribution in [0.1, 0.15) is 28.8 Å². The minimum atomic E-state index is -0.0819. The lowest BCUT2D eigenvalue weighted by Gasteiger charge is -2.04. The molecule has 0 aliphatic heterocycles. The highest BCUT2D eigenvalue weighted by Crippen LogP contribution is 2.22. The molecule has 0 bridgehead atoms. The average Bonchev–Trinajstić information content (AvgIpc) is 3.06. The maximum atomic E-state index is 11.9. The summed E-state index contributed by atoms with van der Waals surface area (Å²) in [6, 6.07) is 1.84. The van der Waals surface area contributed by atoms with E-state index in [1.807, 2.05) is 24.6 Å². The maximum absolute atomic E-state index is 11.9. The van der Waals surface area contributed by atoms with Crippen LogP contribution in [0.15, 0.2) is 17.6 Å². The Hall–Kier alpha value is -1.08. The van der Waals surface area contributed by atoms with E-state index in [0.29, 0.717) is 12.2 Å². The molecule has 2 heterocycles. The van der Waals surface area contributed by atoms with Crippen LogP contribution in [0.25, 0.3) is 11.3 Å². The number of hydrogen-bond donors (Lipinski definition) is 3. The first kappa shape index (κ1) is 20.9. The molecule has 0 fully saturated rings. The van der Waals surface area contributed by atoms with Crippen LogP contribution in [0.4, 0.5) is 0 Å². The molecular formula is C14H22Cl2N4OS. The molecule has 0 aliphatic rings. The Morgan fingerprint density at radius 1 is 1.32 bits per heavy atom. The number of halogens is 2. The molecule has 0 spiro atoms. The van der Waals surface area contributed by atoms with Crippen molar-refractivity contribution in [2.75, 3.05) is 19.6 Å². The Kier molecular flexibility index (Phi) is 10.1. The van der Waals surface area contributed by atoms with Crippen molar-refractivity contribution in [2.24, 2.45) is 0 Å². The van der Waals surface area contributed by atoms with Crippen molar-refractivity contribution >= 4 is 42.1 Å². The molecule has 0 radical (unpaired) electrons. The van der Waals surface area contributed by atoms with Crippen molar-refractivity contribution in [1.29, 1.82) is 0 Å². The smallest absolute Gasteiger partial charge is 0.267 e. The number of aromatic amines is 1. The van der Waals surface area contributed by atoms with Gasteiger partial charge in [-0.25, -0.2) is 4.98 Å². The van der Waals surface area contributed by atoms with Crippen molar-refractivity contribution in [3.8, 4) is 11.3 Å². The van der Waals surface area contributed by atoms with Gasteiger partial charge >= 0.3 is 0 Å². The van der Waals surface area contributed by atoms with Crippen molar-refractivity contribution in [3.05, 3.63) is 28.3 Å². The third-order valence-electron chi connectivity index (χ3n) is 2.86. The zero-order valence-corrected chi connectivity index (χ0v) is 15.1. The quantitative estimate of drug-likeness (QED) is 0.661. The summed E-state index contributed by atoms with van der Waals surface area (Å²) in [5.74, 6) is -0.0819. The third kappa shape index (κ3) is 5.96. The van der Waals surface area contributed by atoms with Crippen molar-refractivity contribution in [3.63, 3.8) is 0 Å². The second-order valence-electron chi connectivity index (χ2n) is 4.56. The van der Waals surface area contributed by atoms with E-state index in [0.717, 1.165) is 35.8 Å². The number of carbonyl (C=O) groups is 1. The molecule has 0 aromatic carbocycles. The van der Waals surface area contributed by atoms with E-state index < -0.39 is 0 Å². The summed E-state index contributed by atoms with van der Waals surface area (Å²) in [6.45, 7) is 6.48. The minimum Gasteiger partial charge on any atom is -0.357 e. The monoisotopic (exact) mass is 364 g/mol. The van der Waals surface area contributed by atoms with Gasteiger partial charge in [0.15, 0.2) is 0 Å². The van der Waals surface area contributed by atoms with Crippen LogP contribution in [0, 0.1) is 6.92 Å². The lowest BCUT2D eigenvalue weighted by Crippen LogP contribution is -2.32. The van der Waals surface area contributed by atoms with E-state index in [2.05, 4.69) is 27.5 Å². The van der Waals surface area contributed by atoms with E-state index in [4.69, 9.17) is 0 Å². The first-order valence-corrected chi connectivity index (χ1v) is 7.68. The minimum absolute atomic E-state index is 0. The molecule has 2 rings (SSSR count). The second-order valence-corrected chi connectivity index (χ2v) is 5.62. The van der Waals surface area contributed by atoms with E-state index in [1.165, 1.54) is 0 Å². The molecule has 2 aromatic rings. The number of nitrogens with zero attached hydrogens (tertiary/aromatic N) is 1. The number of amides is 1. The lowest BCUT2D eigenvalue weighted by atomic mass is 10.2. The number of nitrogens with one attached hydrogen (secondary N) is 3. The van der Waals surface area contributed by atoms with E-state index in [-0.39, 0.29) is 30.7 Å². The summed E-state index contributed by atoms with van der Waals surface area (Å²) in [6.07, 6.45) is 2.92. The summed E-state index contributed by atoms with van der Waals surface area (Å²) in [7, 11) is 0. The fourth-order valence-corrected chi connectivity index (χ4v) is 2.45. The molecule has 0 aliphatic carbocycles. The predicted molar refractivity (Wildman–Crippen MR) is 96.6 cm³/mol. The molecule has 124 valence electrons. The zero-order chi connectivity index (χ0) is 14.4. The zero-order valence-electron chi connectivity index (χ0n) is 12.6. The van der Waals surface area contributed by atoms with E-state index in [1.54, 1.807) is 11.3 Å². The number of carbonyl (C=O) groups excluding carboxylic acids is 1. The summed E-state index contributed by atoms with van der Waals surface area (Å²) < 4.78 is 0. The molecule has 2 aromatic heterocycles. The highest BCUT2D eigenvalue weighted by atomic mass is 35.5. The van der Waals surface area contributed by atoms with Crippen molar-refractivity contribution in [1.82, 2.24) is 20.6 Å². The van der Waals surface area contributed by atoms with Crippen LogP contribution in [0.5, 0.6) is 0 Å². The first-order valence-electron chi connectivity index (χ1n) is 6.80. The highest BCUT2D eigenvalue weighted by molar-refractivity contribution is 7.09. The number of aromatic nitrogens is 2. The standard InChI is InChI=1S/C14H20N4OS.2ClH/c1-3-4-15-5-6-16-14(19)12-7-11(8-17-12)13-9-20-10(2)18-13;;/h7-9,15,17H,3-6H2,1-2H3,(H,16,19);2*1H. The van der Waals surface area contributed by atoms with Crippen LogP contribution < -0.4 is 10.6 Å².